The van der Waals surface area contributed by atoms with Gasteiger partial charge in [0.1, 0.15) is 0 Å². The van der Waals surface area contributed by atoms with E-state index >= 15 is 0 Å². The molecule has 40 valence electrons. The van der Waals surface area contributed by atoms with E-state index in [1.807, 2.05) is 0 Å². The van der Waals surface area contributed by atoms with Gasteiger partial charge in [0.15, 0.2) is 0 Å². The lowest BCUT2D eigenvalue weighted by atomic mass is 11.3. The molecule has 0 aromatic carbocycles. The summed E-state index contributed by atoms with van der Waals surface area (Å²) in [7, 11) is 3.54. The van der Waals surface area contributed by atoms with Crippen LogP contribution >= 0.6 is 8.61 Å². The molecule has 0 fully saturated rings. The Hall–Kier alpha value is -0.450. The minimum Gasteiger partial charge on any atom is -0.256 e. The van der Waals surface area contributed by atoms with Crippen LogP contribution in [-0.4, -0.2) is 18.8 Å². The third-order valence-electron chi connectivity index (χ3n) is 0.163. The van der Waals surface area contributed by atoms with Crippen LogP contribution in [0.2, 0.25) is 0 Å². The molecule has 0 aromatic rings. The highest BCUT2D eigenvalue weighted by molar-refractivity contribution is 7.20. The van der Waals surface area contributed by atoms with Crippen molar-refractivity contribution in [3.05, 3.63) is 0 Å². The van der Waals surface area contributed by atoms with Gasteiger partial charge < -0.3 is 0 Å². The van der Waals surface area contributed by atoms with Crippen LogP contribution in [0.1, 0.15) is 0 Å². The van der Waals surface area contributed by atoms with E-state index < -0.39 is 0 Å². The first-order chi connectivity index (χ1) is 3.27. The van der Waals surface area contributed by atoms with Gasteiger partial charge in [0, 0.05) is 6.57 Å². The summed E-state index contributed by atoms with van der Waals surface area (Å²) in [5, 5.41) is 6.50. The van der Waals surface area contributed by atoms with Crippen LogP contribution in [0.4, 0.5) is 0 Å². The molecule has 4 heteroatoms. The quantitative estimate of drug-likeness (QED) is 0.480. The summed E-state index contributed by atoms with van der Waals surface area (Å²) in [6.45, 7) is 3.50. The van der Waals surface area contributed by atoms with Crippen molar-refractivity contribution < 1.29 is 4.57 Å². The first-order valence-corrected chi connectivity index (χ1v) is 2.30. The lowest BCUT2D eigenvalue weighted by Gasteiger charge is -1.86. The Kier molecular flexibility index (Phi) is 12.7. The van der Waals surface area contributed by atoms with Crippen molar-refractivity contribution in [2.45, 2.75) is 0 Å². The van der Waals surface area contributed by atoms with Gasteiger partial charge in [-0.05, 0) is 14.1 Å². The highest BCUT2D eigenvalue weighted by Crippen LogP contribution is 1.90. The zero-order valence-corrected chi connectivity index (χ0v) is 5.22. The Balaban J connectivity index is 0. The van der Waals surface area contributed by atoms with Crippen molar-refractivity contribution in [3.63, 3.8) is 0 Å². The van der Waals surface area contributed by atoms with Gasteiger partial charge in [0.2, 0.25) is 8.61 Å². The van der Waals surface area contributed by atoms with E-state index in [1.165, 1.54) is 0 Å². The van der Waals surface area contributed by atoms with E-state index in [1.54, 1.807) is 18.8 Å². The second-order valence-corrected chi connectivity index (χ2v) is 1.89. The third kappa shape index (κ3) is 29.1. The third-order valence-corrected chi connectivity index (χ3v) is 0.490. The second-order valence-electron chi connectivity index (χ2n) is 0.929. The van der Waals surface area contributed by atoms with Crippen molar-refractivity contribution in [3.8, 4) is 6.57 Å². The molecule has 0 atom stereocenters. The monoisotopic (exact) mass is 118 g/mol. The highest BCUT2D eigenvalue weighted by atomic mass is 31.1. The minimum atomic E-state index is 0.0802. The maximum Gasteiger partial charge on any atom is 0.248 e. The van der Waals surface area contributed by atoms with Gasteiger partial charge in [0.05, 0.1) is 0 Å². The van der Waals surface area contributed by atoms with Crippen LogP contribution in [0.15, 0.2) is 0 Å². The van der Waals surface area contributed by atoms with E-state index in [0.717, 1.165) is 0 Å². The molecular weight excluding hydrogens is 111 g/mol. The molecule has 0 saturated heterocycles. The summed E-state index contributed by atoms with van der Waals surface area (Å²) in [4.78, 5) is 0. The summed E-state index contributed by atoms with van der Waals surface area (Å²) < 4.78 is 11.1. The van der Waals surface area contributed by atoms with Crippen LogP contribution in [0.5, 0.6) is 0 Å². The number of hydrogen-bond acceptors (Lipinski definition) is 2. The fraction of sp³-hybridized carbons (Fsp3) is 0.667. The topological polar surface area (TPSA) is 44.1 Å². The molecule has 0 N–H and O–H groups in total. The Morgan fingerprint density at radius 1 is 1.57 bits per heavy atom. The molecule has 0 bridgehead atoms. The average Bonchev–Trinajstić information content (AvgIpc) is 1.73. The van der Waals surface area contributed by atoms with Crippen molar-refractivity contribution in [1.29, 1.82) is 5.26 Å². The zero-order chi connectivity index (χ0) is 6.28. The molecule has 0 spiro atoms. The molecule has 0 amide bonds. The Morgan fingerprint density at radius 2 is 1.71 bits per heavy atom. The number of hydrogen-bond donors (Lipinski definition) is 0. The Bertz CT molecular complexity index is 61.2. The Morgan fingerprint density at radius 3 is 1.71 bits per heavy atom. The van der Waals surface area contributed by atoms with Crippen LogP contribution < -0.4 is 0 Å². The van der Waals surface area contributed by atoms with E-state index in [4.69, 9.17) is 5.26 Å². The first kappa shape index (κ1) is 9.75. The van der Waals surface area contributed by atoms with Crippen molar-refractivity contribution in [2.75, 3.05) is 14.1 Å². The van der Waals surface area contributed by atoms with Gasteiger partial charge in [-0.25, -0.2) is 9.93 Å². The van der Waals surface area contributed by atoms with E-state index in [-0.39, 0.29) is 8.61 Å². The van der Waals surface area contributed by atoms with Crippen molar-refractivity contribution in [1.82, 2.24) is 4.67 Å². The predicted molar refractivity (Wildman–Crippen MR) is 28.0 cm³/mol. The maximum absolute atomic E-state index is 9.53. The van der Waals surface area contributed by atoms with Crippen LogP contribution in [0.3, 0.4) is 0 Å². The number of nitriles is 1. The average molecular weight is 118 g/mol. The van der Waals surface area contributed by atoms with E-state index in [0.29, 0.717) is 0 Å². The molecule has 3 nitrogen and oxygen atoms in total. The molecule has 0 rings (SSSR count). The summed E-state index contributed by atoms with van der Waals surface area (Å²) in [6.07, 6.45) is 0. The Labute approximate surface area is 44.8 Å². The largest absolute Gasteiger partial charge is 0.256 e. The molecule has 0 aliphatic heterocycles. The van der Waals surface area contributed by atoms with Gasteiger partial charge in [-0.1, -0.05) is 0 Å². The maximum atomic E-state index is 9.53. The second kappa shape index (κ2) is 9.12. The number of nitrogens with zero attached hydrogens (tertiary/aromatic N) is 2. The van der Waals surface area contributed by atoms with Gasteiger partial charge in [0.25, 0.3) is 0 Å². The molecule has 0 aliphatic carbocycles. The lowest BCUT2D eigenvalue weighted by Crippen LogP contribution is -1.90. The predicted octanol–water partition coefficient (Wildman–Crippen LogP) is 0.894. The number of rotatable bonds is 1. The zero-order valence-electron chi connectivity index (χ0n) is 4.33. The lowest BCUT2D eigenvalue weighted by molar-refractivity contribution is 0.552. The molecule has 0 heterocycles. The molecule has 0 saturated carbocycles. The molecular formula is C3H7N2OP. The van der Waals surface area contributed by atoms with E-state index in [2.05, 4.69) is 6.57 Å². The fourth-order valence-corrected chi connectivity index (χ4v) is 0. The summed E-state index contributed by atoms with van der Waals surface area (Å²) in [5.74, 6) is 0. The first-order valence-electron chi connectivity index (χ1n) is 1.54. The van der Waals surface area contributed by atoms with Crippen molar-refractivity contribution >= 4 is 8.61 Å². The summed E-state index contributed by atoms with van der Waals surface area (Å²) >= 11 is 0. The van der Waals surface area contributed by atoms with Gasteiger partial charge in [-0.3, -0.25) is 4.57 Å². The van der Waals surface area contributed by atoms with Gasteiger partial charge in [-0.2, -0.15) is 0 Å². The van der Waals surface area contributed by atoms with Gasteiger partial charge in [-0.15, -0.1) is 0 Å². The SMILES string of the molecule is C#N.CN(C)P=O. The minimum absolute atomic E-state index is 0.0802. The summed E-state index contributed by atoms with van der Waals surface area (Å²) in [6, 6.07) is 0. The standard InChI is InChI=1S/C2H6NOP.CHN/c1-3(2)5-4;1-2/h1-2H3;1H. The normalized spacial score (nSPS) is 7.57. The molecule has 0 unspecified atom stereocenters. The molecule has 0 aromatic heterocycles. The molecule has 0 radical (unpaired) electrons. The smallest absolute Gasteiger partial charge is 0.248 e. The van der Waals surface area contributed by atoms with Crippen molar-refractivity contribution in [2.24, 2.45) is 0 Å². The molecule has 7 heavy (non-hydrogen) atoms. The van der Waals surface area contributed by atoms with Crippen LogP contribution in [0, 0.1) is 11.8 Å². The van der Waals surface area contributed by atoms with E-state index in [9.17, 15) is 4.57 Å². The molecule has 0 aliphatic rings. The fourth-order valence-electron chi connectivity index (χ4n) is 0. The van der Waals surface area contributed by atoms with Crippen LogP contribution in [-0.2, 0) is 4.57 Å². The summed E-state index contributed by atoms with van der Waals surface area (Å²) in [5.41, 5.74) is 0. The van der Waals surface area contributed by atoms with Crippen LogP contribution in [0.25, 0.3) is 0 Å². The highest BCUT2D eigenvalue weighted by Gasteiger charge is 1.73. The van der Waals surface area contributed by atoms with Gasteiger partial charge >= 0.3 is 0 Å².